The molecule has 0 saturated carbocycles. The van der Waals surface area contributed by atoms with Crippen LogP contribution in [0.3, 0.4) is 0 Å². The van der Waals surface area contributed by atoms with Crippen LogP contribution in [-0.4, -0.2) is 97.2 Å². The Bertz CT molecular complexity index is 1780. The number of nitrogens with zero attached hydrogens (tertiary/aromatic N) is 6. The molecule has 2 aromatic carbocycles. The molecule has 0 aliphatic carbocycles. The highest BCUT2D eigenvalue weighted by molar-refractivity contribution is 6.03. The third-order valence-electron chi connectivity index (χ3n) is 11.4. The highest BCUT2D eigenvalue weighted by Gasteiger charge is 2.79. The first-order valence-corrected chi connectivity index (χ1v) is 18.1. The molecule has 7 atom stereocenters. The molecule has 1 aromatic heterocycles. The van der Waals surface area contributed by atoms with Crippen LogP contribution < -0.4 is 9.64 Å². The Morgan fingerprint density at radius 2 is 1.80 bits per heavy atom. The predicted molar refractivity (Wildman–Crippen MR) is 194 cm³/mol. The van der Waals surface area contributed by atoms with Crippen molar-refractivity contribution in [1.29, 1.82) is 0 Å². The third kappa shape index (κ3) is 5.91. The molecule has 3 saturated heterocycles. The van der Waals surface area contributed by atoms with Crippen molar-refractivity contribution in [3.63, 3.8) is 0 Å². The average molecular weight is 699 g/mol. The summed E-state index contributed by atoms with van der Waals surface area (Å²) < 4.78 is 14.4. The largest absolute Gasteiger partial charge is 0.494 e. The van der Waals surface area contributed by atoms with Gasteiger partial charge in [-0.3, -0.25) is 14.4 Å². The number of fused-ring (bicyclic) bond motifs is 2. The minimum Gasteiger partial charge on any atom is -0.494 e. The average Bonchev–Trinajstić information content (AvgIpc) is 3.88. The normalized spacial score (nSPS) is 26.2. The summed E-state index contributed by atoms with van der Waals surface area (Å²) in [5.41, 5.74) is -0.145. The Morgan fingerprint density at radius 3 is 2.45 bits per heavy atom. The molecule has 3 aliphatic rings. The Morgan fingerprint density at radius 1 is 1.08 bits per heavy atom. The van der Waals surface area contributed by atoms with Gasteiger partial charge in [-0.15, -0.1) is 18.3 Å². The second-order valence-electron chi connectivity index (χ2n) is 13.9. The minimum atomic E-state index is -1.28. The Kier molecular flexibility index (Phi) is 10.4. The van der Waals surface area contributed by atoms with E-state index in [4.69, 9.17) is 9.47 Å². The van der Waals surface area contributed by atoms with E-state index < -0.39 is 35.1 Å². The second-order valence-corrected chi connectivity index (χ2v) is 13.9. The molecular weight excluding hydrogens is 648 g/mol. The van der Waals surface area contributed by atoms with Crippen LogP contribution in [0.15, 0.2) is 73.8 Å². The lowest BCUT2D eigenvalue weighted by Gasteiger charge is -2.41. The van der Waals surface area contributed by atoms with E-state index >= 15 is 9.59 Å². The molecule has 2 bridgehead atoms. The first-order chi connectivity index (χ1) is 24.6. The summed E-state index contributed by atoms with van der Waals surface area (Å²) in [4.78, 5) is 50.1. The van der Waals surface area contributed by atoms with E-state index in [-0.39, 0.29) is 50.0 Å². The van der Waals surface area contributed by atoms with Crippen molar-refractivity contribution >= 4 is 34.4 Å². The van der Waals surface area contributed by atoms with Gasteiger partial charge in [0.15, 0.2) is 0 Å². The number of anilines is 1. The maximum absolute atomic E-state index is 15.2. The molecule has 1 N–H and O–H groups in total. The number of aliphatic hydroxyl groups is 1. The lowest BCUT2D eigenvalue weighted by Crippen LogP contribution is -2.60. The lowest BCUT2D eigenvalue weighted by molar-refractivity contribution is -0.158. The summed E-state index contributed by atoms with van der Waals surface area (Å²) in [6.45, 7) is 16.3. The fraction of sp³-hybridized carbons (Fsp3) is 0.513. The monoisotopic (exact) mass is 698 g/mol. The van der Waals surface area contributed by atoms with Gasteiger partial charge in [0, 0.05) is 18.8 Å². The Hall–Kier alpha value is -4.55. The zero-order chi connectivity index (χ0) is 36.5. The zero-order valence-corrected chi connectivity index (χ0v) is 30.1. The van der Waals surface area contributed by atoms with Gasteiger partial charge in [-0.1, -0.05) is 56.7 Å². The van der Waals surface area contributed by atoms with Gasteiger partial charge >= 0.3 is 0 Å². The van der Waals surface area contributed by atoms with Gasteiger partial charge in [0.2, 0.25) is 17.7 Å². The molecule has 3 aromatic rings. The summed E-state index contributed by atoms with van der Waals surface area (Å²) in [5.74, 6) is -2.18. The number of carbonyl (C=O) groups excluding carboxylic acids is 3. The Balaban J connectivity index is 1.45. The number of aliphatic hydroxyl groups excluding tert-OH is 1. The number of para-hydroxylation sites is 1. The molecule has 51 heavy (non-hydrogen) atoms. The van der Waals surface area contributed by atoms with Crippen LogP contribution in [0.1, 0.15) is 53.4 Å². The van der Waals surface area contributed by atoms with Crippen LogP contribution in [-0.2, 0) is 25.8 Å². The molecule has 3 aliphatic heterocycles. The van der Waals surface area contributed by atoms with Crippen LogP contribution >= 0.6 is 0 Å². The van der Waals surface area contributed by atoms with E-state index in [2.05, 4.69) is 23.5 Å². The van der Waals surface area contributed by atoms with Crippen molar-refractivity contribution in [1.82, 2.24) is 24.8 Å². The summed E-state index contributed by atoms with van der Waals surface area (Å²) in [7, 11) is 0. The van der Waals surface area contributed by atoms with Gasteiger partial charge in [-0.05, 0) is 68.5 Å². The number of ether oxygens (including phenoxy) is 2. The van der Waals surface area contributed by atoms with Crippen molar-refractivity contribution in [2.75, 3.05) is 31.2 Å². The molecule has 2 unspecified atom stereocenters. The Labute approximate surface area is 299 Å². The molecule has 1 spiro atoms. The van der Waals surface area contributed by atoms with E-state index in [1.165, 1.54) is 0 Å². The number of hydrogen-bond donors (Lipinski definition) is 1. The van der Waals surface area contributed by atoms with E-state index in [0.29, 0.717) is 49.2 Å². The van der Waals surface area contributed by atoms with Crippen LogP contribution in [0.5, 0.6) is 5.75 Å². The van der Waals surface area contributed by atoms with Crippen LogP contribution in [0.4, 0.5) is 5.69 Å². The van der Waals surface area contributed by atoms with E-state index in [0.717, 1.165) is 5.52 Å². The van der Waals surface area contributed by atoms with Crippen molar-refractivity contribution in [2.45, 2.75) is 83.3 Å². The minimum absolute atomic E-state index is 0.0594. The van der Waals surface area contributed by atoms with Crippen molar-refractivity contribution in [3.8, 4) is 5.75 Å². The SMILES string of the molecule is C=CCN(Cn1nnc2ccccc21)C(=O)C1N([C@@H](CO)[C@@H](C)CC)C(=O)[C@@H]2[C@H](C(=O)N(CC=C)c3ccc(OCC)cc3)[C@]3(CC)CCC12O3. The standard InChI is InChI=1S/C39H50N6O6/c1-7-22-42(25-44-30-15-13-12-14-29(30)40-41-44)37(49)34-39-21-20-38(10-4,51-39)32(33(39)36(48)45(34)31(24-46)26(6)9-3)35(47)43(23-8-2)27-16-18-28(19-17-27)50-11-5/h7-8,12-19,26,31-34,46H,1-2,9-11,20-25H2,3-6H3/t26-,31-,32+,33-,34?,38-,39?/m0/s1. The lowest BCUT2D eigenvalue weighted by atomic mass is 9.64. The summed E-state index contributed by atoms with van der Waals surface area (Å²) in [6, 6.07) is 13.0. The highest BCUT2D eigenvalue weighted by atomic mass is 16.5. The molecule has 6 rings (SSSR count). The first-order valence-electron chi connectivity index (χ1n) is 18.1. The van der Waals surface area contributed by atoms with E-state index in [9.17, 15) is 9.90 Å². The molecule has 4 heterocycles. The summed E-state index contributed by atoms with van der Waals surface area (Å²) in [5, 5.41) is 19.4. The molecule has 3 fully saturated rings. The third-order valence-corrected chi connectivity index (χ3v) is 11.4. The molecular formula is C39H50N6O6. The second kappa shape index (κ2) is 14.6. The smallest absolute Gasteiger partial charge is 0.250 e. The van der Waals surface area contributed by atoms with Gasteiger partial charge in [0.05, 0.1) is 42.2 Å². The number of hydrogen-bond acceptors (Lipinski definition) is 8. The highest BCUT2D eigenvalue weighted by Crippen LogP contribution is 2.65. The number of carbonyl (C=O) groups is 3. The van der Waals surface area contributed by atoms with Crippen LogP contribution in [0.25, 0.3) is 11.0 Å². The summed E-state index contributed by atoms with van der Waals surface area (Å²) in [6.07, 6.45) is 5.39. The van der Waals surface area contributed by atoms with Crippen molar-refractivity contribution in [2.24, 2.45) is 17.8 Å². The fourth-order valence-electron chi connectivity index (χ4n) is 8.72. The van der Waals surface area contributed by atoms with Gasteiger partial charge in [0.25, 0.3) is 0 Å². The quantitative estimate of drug-likeness (QED) is 0.215. The van der Waals surface area contributed by atoms with Gasteiger partial charge in [-0.2, -0.15) is 0 Å². The van der Waals surface area contributed by atoms with E-state index in [1.54, 1.807) is 31.5 Å². The van der Waals surface area contributed by atoms with Crippen molar-refractivity contribution in [3.05, 3.63) is 73.8 Å². The van der Waals surface area contributed by atoms with E-state index in [1.807, 2.05) is 76.2 Å². The molecule has 12 nitrogen and oxygen atoms in total. The number of amides is 3. The topological polar surface area (TPSA) is 130 Å². The number of benzene rings is 2. The molecule has 12 heteroatoms. The maximum Gasteiger partial charge on any atom is 0.250 e. The summed E-state index contributed by atoms with van der Waals surface area (Å²) >= 11 is 0. The number of aromatic nitrogens is 3. The van der Waals surface area contributed by atoms with Gasteiger partial charge < -0.3 is 29.3 Å². The predicted octanol–water partition coefficient (Wildman–Crippen LogP) is 4.58. The molecule has 3 amide bonds. The first kappa shape index (κ1) is 36.2. The zero-order valence-electron chi connectivity index (χ0n) is 30.1. The maximum atomic E-state index is 15.2. The number of rotatable bonds is 16. The van der Waals surface area contributed by atoms with Crippen LogP contribution in [0, 0.1) is 17.8 Å². The van der Waals surface area contributed by atoms with Crippen molar-refractivity contribution < 1.29 is 29.0 Å². The van der Waals surface area contributed by atoms with Crippen LogP contribution in [0.2, 0.25) is 0 Å². The molecule has 0 radical (unpaired) electrons. The fourth-order valence-corrected chi connectivity index (χ4v) is 8.72. The molecule has 272 valence electrons. The number of likely N-dealkylation sites (tertiary alicyclic amines) is 1. The van der Waals surface area contributed by atoms with Gasteiger partial charge in [0.1, 0.15) is 29.6 Å². The van der Waals surface area contributed by atoms with Gasteiger partial charge in [-0.25, -0.2) is 4.68 Å².